The van der Waals surface area contributed by atoms with Gasteiger partial charge in [0, 0.05) is 40.8 Å². The van der Waals surface area contributed by atoms with E-state index in [0.29, 0.717) is 23.7 Å². The smallest absolute Gasteiger partial charge is 0.312 e. The van der Waals surface area contributed by atoms with Crippen LogP contribution in [0.4, 0.5) is 14.9 Å². The molecule has 0 aromatic heterocycles. The van der Waals surface area contributed by atoms with Gasteiger partial charge in [-0.2, -0.15) is 0 Å². The van der Waals surface area contributed by atoms with E-state index < -0.39 is 0 Å². The van der Waals surface area contributed by atoms with E-state index in [-0.39, 0.29) is 29.6 Å². The Balaban J connectivity index is 1.26. The van der Waals surface area contributed by atoms with Crippen molar-refractivity contribution in [1.82, 2.24) is 9.80 Å². The van der Waals surface area contributed by atoms with Crippen LogP contribution in [-0.4, -0.2) is 47.8 Å². The highest BCUT2D eigenvalue weighted by Gasteiger charge is 2.34. The Morgan fingerprint density at radius 2 is 1.69 bits per heavy atom. The first-order valence-corrected chi connectivity index (χ1v) is 12.3. The normalized spacial score (nSPS) is 18.7. The molecule has 1 unspecified atom stereocenters. The molecule has 180 valence electrons. The van der Waals surface area contributed by atoms with Gasteiger partial charge in [-0.1, -0.05) is 41.9 Å². The highest BCUT2D eigenvalue weighted by atomic mass is 35.5. The summed E-state index contributed by atoms with van der Waals surface area (Å²) in [6, 6.07) is 21.0. The zero-order valence-electron chi connectivity index (χ0n) is 19.3. The number of likely N-dealkylation sites (tertiary alicyclic amines) is 1. The van der Waals surface area contributed by atoms with Crippen LogP contribution in [-0.2, 0) is 0 Å². The fourth-order valence-corrected chi connectivity index (χ4v) is 5.27. The van der Waals surface area contributed by atoms with Gasteiger partial charge in [0.15, 0.2) is 5.78 Å². The first-order valence-electron chi connectivity index (χ1n) is 11.9. The van der Waals surface area contributed by atoms with E-state index in [9.17, 15) is 14.0 Å². The molecule has 7 heteroatoms. The van der Waals surface area contributed by atoms with Gasteiger partial charge in [0.25, 0.3) is 0 Å². The van der Waals surface area contributed by atoms with Crippen molar-refractivity contribution >= 4 is 29.1 Å². The number of halogens is 2. The number of carbonyl (C=O) groups is 2. The number of rotatable bonds is 6. The Morgan fingerprint density at radius 1 is 0.971 bits per heavy atom. The first kappa shape index (κ1) is 23.5. The molecule has 0 aliphatic carbocycles. The number of amides is 2. The number of urea groups is 1. The molecule has 3 aromatic carbocycles. The Morgan fingerprint density at radius 3 is 2.40 bits per heavy atom. The minimum atomic E-state index is -0.336. The molecule has 1 saturated heterocycles. The third-order valence-electron chi connectivity index (χ3n) is 6.98. The zero-order chi connectivity index (χ0) is 24.4. The molecule has 0 radical (unpaired) electrons. The summed E-state index contributed by atoms with van der Waals surface area (Å²) in [6.45, 7) is 2.83. The summed E-state index contributed by atoms with van der Waals surface area (Å²) in [5.74, 6) is -0.310. The lowest BCUT2D eigenvalue weighted by Gasteiger charge is -2.39. The Bertz CT molecular complexity index is 1210. The predicted octanol–water partition coefficient (Wildman–Crippen LogP) is 6.01. The van der Waals surface area contributed by atoms with Gasteiger partial charge in [0.1, 0.15) is 5.82 Å². The largest absolute Gasteiger partial charge is 0.322 e. The summed E-state index contributed by atoms with van der Waals surface area (Å²) >= 11 is 6.32. The summed E-state index contributed by atoms with van der Waals surface area (Å²) in [6.07, 6.45) is 1.51. The van der Waals surface area contributed by atoms with Crippen molar-refractivity contribution in [1.29, 1.82) is 0 Å². The van der Waals surface area contributed by atoms with Crippen LogP contribution in [0.3, 0.4) is 0 Å². The molecule has 35 heavy (non-hydrogen) atoms. The summed E-state index contributed by atoms with van der Waals surface area (Å²) < 4.78 is 13.2. The van der Waals surface area contributed by atoms with Gasteiger partial charge >= 0.3 is 6.03 Å². The number of nitrogens with one attached hydrogen (secondary N) is 1. The third kappa shape index (κ3) is 5.09. The van der Waals surface area contributed by atoms with Crippen LogP contribution in [0.1, 0.15) is 40.4 Å². The van der Waals surface area contributed by atoms with Crippen LogP contribution in [0.5, 0.6) is 0 Å². The van der Waals surface area contributed by atoms with Crippen LogP contribution >= 0.6 is 11.6 Å². The molecule has 2 aliphatic heterocycles. The van der Waals surface area contributed by atoms with Crippen LogP contribution in [0.2, 0.25) is 5.02 Å². The molecule has 2 aliphatic rings. The maximum Gasteiger partial charge on any atom is 0.322 e. The number of Topliss-reactive ketones (excluding diaryl/α,β-unsaturated/α-hetero) is 1. The second kappa shape index (κ2) is 10.2. The maximum atomic E-state index is 13.2. The van der Waals surface area contributed by atoms with E-state index in [4.69, 9.17) is 11.6 Å². The molecule has 0 saturated carbocycles. The third-order valence-corrected chi connectivity index (χ3v) is 7.22. The minimum Gasteiger partial charge on any atom is -0.312 e. The van der Waals surface area contributed by atoms with E-state index in [0.717, 1.165) is 42.7 Å². The highest BCUT2D eigenvalue weighted by Crippen LogP contribution is 2.39. The number of ketones is 1. The molecule has 2 heterocycles. The number of hydrogen-bond acceptors (Lipinski definition) is 3. The van der Waals surface area contributed by atoms with Gasteiger partial charge in [0.05, 0.1) is 6.04 Å². The Kier molecular flexibility index (Phi) is 6.84. The molecule has 0 spiro atoms. The monoisotopic (exact) mass is 491 g/mol. The number of nitrogens with zero attached hydrogens (tertiary/aromatic N) is 2. The second-order valence-corrected chi connectivity index (χ2v) is 9.59. The quantitative estimate of drug-likeness (QED) is 0.429. The average molecular weight is 492 g/mol. The maximum absolute atomic E-state index is 13.2. The Labute approximate surface area is 209 Å². The lowest BCUT2D eigenvalue weighted by Crippen LogP contribution is -2.47. The predicted molar refractivity (Wildman–Crippen MR) is 135 cm³/mol. The molecular weight excluding hydrogens is 465 g/mol. The lowest BCUT2D eigenvalue weighted by molar-refractivity contribution is 0.0831. The number of benzene rings is 3. The van der Waals surface area contributed by atoms with Crippen molar-refractivity contribution in [3.05, 3.63) is 100 Å². The lowest BCUT2D eigenvalue weighted by atomic mass is 9.89. The fourth-order valence-electron chi connectivity index (χ4n) is 5.09. The molecule has 5 nitrogen and oxygen atoms in total. The molecule has 3 aromatic rings. The van der Waals surface area contributed by atoms with Gasteiger partial charge in [-0.05, 0) is 74.0 Å². The van der Waals surface area contributed by atoms with Crippen LogP contribution in [0.15, 0.2) is 72.8 Å². The van der Waals surface area contributed by atoms with Crippen molar-refractivity contribution in [2.24, 2.45) is 5.92 Å². The van der Waals surface area contributed by atoms with Crippen LogP contribution in [0, 0.1) is 11.7 Å². The van der Waals surface area contributed by atoms with E-state index in [1.54, 1.807) is 18.2 Å². The summed E-state index contributed by atoms with van der Waals surface area (Å²) in [5.41, 5.74) is 3.36. The van der Waals surface area contributed by atoms with E-state index in [2.05, 4.69) is 10.2 Å². The molecular formula is C28H27ClFN3O2. The molecule has 1 atom stereocenters. The van der Waals surface area contributed by atoms with Gasteiger partial charge in [-0.3, -0.25) is 4.79 Å². The van der Waals surface area contributed by atoms with Gasteiger partial charge in [0.2, 0.25) is 0 Å². The van der Waals surface area contributed by atoms with Gasteiger partial charge < -0.3 is 15.1 Å². The molecule has 0 bridgehead atoms. The number of carbonyl (C=O) groups excluding carboxylic acids is 2. The summed E-state index contributed by atoms with van der Waals surface area (Å²) in [4.78, 5) is 30.1. The topological polar surface area (TPSA) is 52.7 Å². The van der Waals surface area contributed by atoms with Crippen molar-refractivity contribution < 1.29 is 14.0 Å². The number of fused-ring (bicyclic) bond motifs is 1. The van der Waals surface area contributed by atoms with Gasteiger partial charge in [-0.25, -0.2) is 9.18 Å². The molecule has 2 amide bonds. The van der Waals surface area contributed by atoms with E-state index in [1.165, 1.54) is 12.1 Å². The standard InChI is InChI=1S/C28H27ClFN3O2/c29-22-8-11-25-24(18-22)26(19-4-2-1-3-5-19)33(28(35)31-25)17-16-32-14-12-21(13-15-32)27(34)20-6-9-23(30)10-7-20/h1-11,18,21,26H,12-17H2,(H,31,35). The zero-order valence-corrected chi connectivity index (χ0v) is 20.0. The molecule has 5 rings (SSSR count). The number of hydrogen-bond donors (Lipinski definition) is 1. The SMILES string of the molecule is O=C(c1ccc(F)cc1)C1CCN(CCN2C(=O)Nc3ccc(Cl)cc3C2c2ccccc2)CC1. The van der Waals surface area contributed by atoms with E-state index in [1.807, 2.05) is 47.4 Å². The average Bonchev–Trinajstić information content (AvgIpc) is 2.88. The summed E-state index contributed by atoms with van der Waals surface area (Å²) in [7, 11) is 0. The second-order valence-electron chi connectivity index (χ2n) is 9.16. The molecule has 1 N–H and O–H groups in total. The summed E-state index contributed by atoms with van der Waals surface area (Å²) in [5, 5.41) is 3.64. The first-order chi connectivity index (χ1) is 17.0. The van der Waals surface area contributed by atoms with Crippen molar-refractivity contribution in [3.8, 4) is 0 Å². The number of anilines is 1. The fraction of sp³-hybridized carbons (Fsp3) is 0.286. The van der Waals surface area contributed by atoms with Crippen LogP contribution in [0.25, 0.3) is 0 Å². The molecule has 1 fully saturated rings. The van der Waals surface area contributed by atoms with Crippen molar-refractivity contribution in [3.63, 3.8) is 0 Å². The minimum absolute atomic E-state index is 0.0546. The highest BCUT2D eigenvalue weighted by molar-refractivity contribution is 6.30. The van der Waals surface area contributed by atoms with E-state index >= 15 is 0 Å². The Hall–Kier alpha value is -3.22. The van der Waals surface area contributed by atoms with Crippen LogP contribution < -0.4 is 5.32 Å². The van der Waals surface area contributed by atoms with Crippen molar-refractivity contribution in [2.45, 2.75) is 18.9 Å². The number of piperidine rings is 1. The van der Waals surface area contributed by atoms with Crippen molar-refractivity contribution in [2.75, 3.05) is 31.5 Å². The van der Waals surface area contributed by atoms with Gasteiger partial charge in [-0.15, -0.1) is 0 Å².